The highest BCUT2D eigenvalue weighted by Crippen LogP contribution is 2.36. The van der Waals surface area contributed by atoms with E-state index in [4.69, 9.17) is 19.9 Å². The molecule has 3 aromatic heterocycles. The molecule has 0 aliphatic rings. The van der Waals surface area contributed by atoms with Crippen LogP contribution in [0.4, 0.5) is 0 Å². The van der Waals surface area contributed by atoms with Crippen LogP contribution in [0, 0.1) is 0 Å². The molecule has 212 valence electrons. The van der Waals surface area contributed by atoms with Crippen LogP contribution in [0.5, 0.6) is 0 Å². The molecular formula is C39H25N5S. The van der Waals surface area contributed by atoms with Crippen molar-refractivity contribution in [3.05, 3.63) is 152 Å². The third-order valence-electron chi connectivity index (χ3n) is 7.63. The van der Waals surface area contributed by atoms with Crippen LogP contribution in [0.2, 0.25) is 0 Å². The van der Waals surface area contributed by atoms with Gasteiger partial charge in [-0.1, -0.05) is 103 Å². The van der Waals surface area contributed by atoms with E-state index in [1.165, 1.54) is 0 Å². The van der Waals surface area contributed by atoms with Crippen molar-refractivity contribution in [1.29, 1.82) is 0 Å². The predicted octanol–water partition coefficient (Wildman–Crippen LogP) is 9.88. The number of hydrogen-bond acceptors (Lipinski definition) is 6. The van der Waals surface area contributed by atoms with Gasteiger partial charge < -0.3 is 0 Å². The molecule has 8 rings (SSSR count). The largest absolute Gasteiger partial charge is 0.264 e. The van der Waals surface area contributed by atoms with E-state index in [0.29, 0.717) is 17.5 Å². The summed E-state index contributed by atoms with van der Waals surface area (Å²) >= 11 is 1.71. The Bertz CT molecular complexity index is 2190. The summed E-state index contributed by atoms with van der Waals surface area (Å²) in [4.78, 5) is 24.3. The Balaban J connectivity index is 1.30. The average molecular weight is 596 g/mol. The third kappa shape index (κ3) is 5.51. The number of pyridine rings is 1. The summed E-state index contributed by atoms with van der Waals surface area (Å²) in [5, 5.41) is 1.01. The molecule has 0 aliphatic heterocycles. The summed E-state index contributed by atoms with van der Waals surface area (Å²) in [5.41, 5.74) is 9.03. The highest BCUT2D eigenvalue weighted by molar-refractivity contribution is 7.21. The molecule has 0 bridgehead atoms. The summed E-state index contributed by atoms with van der Waals surface area (Å²) in [5.74, 6) is 1.87. The lowest BCUT2D eigenvalue weighted by atomic mass is 9.96. The van der Waals surface area contributed by atoms with E-state index in [2.05, 4.69) is 59.6 Å². The zero-order valence-electron chi connectivity index (χ0n) is 24.1. The van der Waals surface area contributed by atoms with Crippen molar-refractivity contribution in [2.24, 2.45) is 0 Å². The molecule has 0 spiro atoms. The molecule has 0 unspecified atom stereocenters. The number of aromatic nitrogens is 5. The van der Waals surface area contributed by atoms with E-state index in [1.807, 2.05) is 91.1 Å². The Morgan fingerprint density at radius 1 is 0.378 bits per heavy atom. The standard InChI is InChI=1S/C39H25N5S/c1-4-11-26(12-5-1)36-42-37(27-13-6-2-7-14-27)44-38(43-36)33-22-31(21-32(23-33)30-17-10-20-40-25-30)29-18-19-35-34(24-29)41-39(45-35)28-15-8-3-9-16-28/h1-25H. The second-order valence-electron chi connectivity index (χ2n) is 10.6. The van der Waals surface area contributed by atoms with Gasteiger partial charge in [0, 0.05) is 40.2 Å². The number of rotatable bonds is 6. The summed E-state index contributed by atoms with van der Waals surface area (Å²) in [6.45, 7) is 0. The molecule has 0 fully saturated rings. The van der Waals surface area contributed by atoms with E-state index in [9.17, 15) is 0 Å². The number of fused-ring (bicyclic) bond motifs is 1. The predicted molar refractivity (Wildman–Crippen MR) is 183 cm³/mol. The zero-order chi connectivity index (χ0) is 30.0. The Labute approximate surface area is 264 Å². The van der Waals surface area contributed by atoms with Gasteiger partial charge in [0.25, 0.3) is 0 Å². The minimum Gasteiger partial charge on any atom is -0.264 e. The van der Waals surface area contributed by atoms with Crippen LogP contribution in [0.15, 0.2) is 152 Å². The lowest BCUT2D eigenvalue weighted by Gasteiger charge is -2.12. The third-order valence-corrected chi connectivity index (χ3v) is 8.71. The van der Waals surface area contributed by atoms with Gasteiger partial charge in [-0.2, -0.15) is 0 Å². The highest BCUT2D eigenvalue weighted by Gasteiger charge is 2.15. The van der Waals surface area contributed by atoms with Gasteiger partial charge in [0.05, 0.1) is 10.2 Å². The Kier molecular flexibility index (Phi) is 6.94. The van der Waals surface area contributed by atoms with Gasteiger partial charge in [0.15, 0.2) is 17.5 Å². The fourth-order valence-corrected chi connectivity index (χ4v) is 6.32. The first kappa shape index (κ1) is 26.8. The van der Waals surface area contributed by atoms with Gasteiger partial charge in [0.1, 0.15) is 5.01 Å². The molecule has 45 heavy (non-hydrogen) atoms. The average Bonchev–Trinajstić information content (AvgIpc) is 3.57. The maximum absolute atomic E-state index is 5.01. The molecule has 5 aromatic carbocycles. The number of benzene rings is 5. The van der Waals surface area contributed by atoms with Gasteiger partial charge in [-0.25, -0.2) is 19.9 Å². The van der Waals surface area contributed by atoms with Gasteiger partial charge in [-0.05, 0) is 53.1 Å². The van der Waals surface area contributed by atoms with Crippen molar-refractivity contribution in [3.8, 4) is 67.0 Å². The fraction of sp³-hybridized carbons (Fsp3) is 0. The maximum atomic E-state index is 5.01. The van der Waals surface area contributed by atoms with Crippen LogP contribution in [-0.2, 0) is 0 Å². The van der Waals surface area contributed by atoms with Crippen molar-refractivity contribution in [2.45, 2.75) is 0 Å². The van der Waals surface area contributed by atoms with E-state index in [-0.39, 0.29) is 0 Å². The van der Waals surface area contributed by atoms with Crippen LogP contribution < -0.4 is 0 Å². The van der Waals surface area contributed by atoms with Gasteiger partial charge in [0.2, 0.25) is 0 Å². The van der Waals surface area contributed by atoms with Crippen LogP contribution in [0.25, 0.3) is 77.2 Å². The van der Waals surface area contributed by atoms with Crippen molar-refractivity contribution in [2.75, 3.05) is 0 Å². The molecule has 0 radical (unpaired) electrons. The monoisotopic (exact) mass is 595 g/mol. The molecule has 6 heteroatoms. The smallest absolute Gasteiger partial charge is 0.164 e. The Morgan fingerprint density at radius 3 is 1.51 bits per heavy atom. The first-order valence-corrected chi connectivity index (χ1v) is 15.5. The number of thiazole rings is 1. The van der Waals surface area contributed by atoms with E-state index >= 15 is 0 Å². The first-order chi connectivity index (χ1) is 22.3. The van der Waals surface area contributed by atoms with E-state index < -0.39 is 0 Å². The molecule has 0 amide bonds. The zero-order valence-corrected chi connectivity index (χ0v) is 24.9. The normalized spacial score (nSPS) is 11.1. The van der Waals surface area contributed by atoms with Crippen molar-refractivity contribution >= 4 is 21.6 Å². The lowest BCUT2D eigenvalue weighted by molar-refractivity contribution is 1.07. The first-order valence-electron chi connectivity index (χ1n) is 14.7. The second-order valence-corrected chi connectivity index (χ2v) is 11.7. The van der Waals surface area contributed by atoms with Crippen LogP contribution in [-0.4, -0.2) is 24.9 Å². The summed E-state index contributed by atoms with van der Waals surface area (Å²) < 4.78 is 1.15. The molecule has 8 aromatic rings. The van der Waals surface area contributed by atoms with Gasteiger partial charge in [-0.15, -0.1) is 11.3 Å². The molecule has 5 nitrogen and oxygen atoms in total. The molecule has 0 atom stereocenters. The fourth-order valence-electron chi connectivity index (χ4n) is 5.37. The Morgan fingerprint density at radius 2 is 0.911 bits per heavy atom. The van der Waals surface area contributed by atoms with Crippen molar-refractivity contribution < 1.29 is 0 Å². The summed E-state index contributed by atoms with van der Waals surface area (Å²) in [6, 6.07) is 47.4. The van der Waals surface area contributed by atoms with Crippen molar-refractivity contribution in [1.82, 2.24) is 24.9 Å². The van der Waals surface area contributed by atoms with E-state index in [1.54, 1.807) is 17.5 Å². The molecular weight excluding hydrogens is 571 g/mol. The van der Waals surface area contributed by atoms with Gasteiger partial charge >= 0.3 is 0 Å². The minimum absolute atomic E-state index is 0.607. The second kappa shape index (κ2) is 11.7. The topological polar surface area (TPSA) is 64.5 Å². The van der Waals surface area contributed by atoms with Crippen LogP contribution in [0.1, 0.15) is 0 Å². The molecule has 0 aliphatic carbocycles. The van der Waals surface area contributed by atoms with Gasteiger partial charge in [-0.3, -0.25) is 4.98 Å². The minimum atomic E-state index is 0.607. The molecule has 0 saturated heterocycles. The van der Waals surface area contributed by atoms with E-state index in [0.717, 1.165) is 59.7 Å². The Hall–Kier alpha value is -5.85. The number of hydrogen-bond donors (Lipinski definition) is 0. The van der Waals surface area contributed by atoms with Crippen LogP contribution >= 0.6 is 11.3 Å². The SMILES string of the molecule is c1ccc(-c2nc(-c3ccccc3)nc(-c3cc(-c4cccnc4)cc(-c4ccc5sc(-c6ccccc6)nc5c4)c3)n2)cc1. The van der Waals surface area contributed by atoms with Crippen molar-refractivity contribution in [3.63, 3.8) is 0 Å². The maximum Gasteiger partial charge on any atom is 0.164 e. The summed E-state index contributed by atoms with van der Waals surface area (Å²) in [6.07, 6.45) is 3.68. The summed E-state index contributed by atoms with van der Waals surface area (Å²) in [7, 11) is 0. The lowest BCUT2D eigenvalue weighted by Crippen LogP contribution is -2.00. The molecule has 0 N–H and O–H groups in total. The van der Waals surface area contributed by atoms with Crippen LogP contribution in [0.3, 0.4) is 0 Å². The molecule has 3 heterocycles. The quantitative estimate of drug-likeness (QED) is 0.191. The number of nitrogens with zero attached hydrogens (tertiary/aromatic N) is 5. The molecule has 0 saturated carbocycles. The highest BCUT2D eigenvalue weighted by atomic mass is 32.1.